The van der Waals surface area contributed by atoms with Crippen molar-refractivity contribution in [1.82, 2.24) is 15.1 Å². The molecule has 5 nitrogen and oxygen atoms in total. The van der Waals surface area contributed by atoms with E-state index in [0.29, 0.717) is 5.56 Å². The summed E-state index contributed by atoms with van der Waals surface area (Å²) < 4.78 is 6.87. The van der Waals surface area contributed by atoms with E-state index in [4.69, 9.17) is 4.74 Å². The monoisotopic (exact) mass is 273 g/mol. The topological polar surface area (TPSA) is 56.2 Å². The summed E-state index contributed by atoms with van der Waals surface area (Å²) in [6.45, 7) is 5.74. The van der Waals surface area contributed by atoms with Crippen LogP contribution >= 0.6 is 0 Å². The number of carbonyl (C=O) groups excluding carboxylic acids is 1. The molecule has 0 bridgehead atoms. The van der Waals surface area contributed by atoms with Crippen molar-refractivity contribution >= 4 is 5.91 Å². The molecule has 106 valence electrons. The summed E-state index contributed by atoms with van der Waals surface area (Å²) in [4.78, 5) is 12.0. The molecular formula is C15H19N3O2. The van der Waals surface area contributed by atoms with Gasteiger partial charge in [0.15, 0.2) is 0 Å². The second kappa shape index (κ2) is 5.77. The van der Waals surface area contributed by atoms with E-state index in [-0.39, 0.29) is 11.9 Å². The highest BCUT2D eigenvalue weighted by Crippen LogP contribution is 2.17. The number of amides is 1. The molecule has 0 unspecified atom stereocenters. The van der Waals surface area contributed by atoms with Crippen molar-refractivity contribution in [2.75, 3.05) is 7.11 Å². The quantitative estimate of drug-likeness (QED) is 0.930. The Kier molecular flexibility index (Phi) is 4.08. The zero-order chi connectivity index (χ0) is 14.7. The first-order chi connectivity index (χ1) is 9.52. The van der Waals surface area contributed by atoms with E-state index in [1.165, 1.54) is 0 Å². The van der Waals surface area contributed by atoms with Gasteiger partial charge in [-0.1, -0.05) is 0 Å². The van der Waals surface area contributed by atoms with Gasteiger partial charge in [0, 0.05) is 6.04 Å². The maximum absolute atomic E-state index is 12.0. The molecule has 2 rings (SSSR count). The molecule has 1 N–H and O–H groups in total. The van der Waals surface area contributed by atoms with Crippen LogP contribution in [0, 0.1) is 6.92 Å². The van der Waals surface area contributed by atoms with E-state index < -0.39 is 0 Å². The van der Waals surface area contributed by atoms with Gasteiger partial charge in [-0.15, -0.1) is 0 Å². The summed E-state index contributed by atoms with van der Waals surface area (Å²) in [7, 11) is 1.63. The van der Waals surface area contributed by atoms with Gasteiger partial charge in [-0.2, -0.15) is 5.10 Å². The van der Waals surface area contributed by atoms with Crippen LogP contribution in [0.5, 0.6) is 5.75 Å². The van der Waals surface area contributed by atoms with E-state index in [9.17, 15) is 4.79 Å². The summed E-state index contributed by atoms with van der Waals surface area (Å²) in [5.41, 5.74) is 2.30. The molecule has 0 aliphatic rings. The molecular weight excluding hydrogens is 254 g/mol. The van der Waals surface area contributed by atoms with E-state index in [1.54, 1.807) is 18.0 Å². The number of nitrogens with zero attached hydrogens (tertiary/aromatic N) is 2. The van der Waals surface area contributed by atoms with Crippen molar-refractivity contribution in [2.24, 2.45) is 0 Å². The van der Waals surface area contributed by atoms with Crippen LogP contribution in [0.1, 0.15) is 29.9 Å². The average molecular weight is 273 g/mol. The Hall–Kier alpha value is -2.30. The molecule has 5 heteroatoms. The zero-order valence-corrected chi connectivity index (χ0v) is 12.2. The molecule has 0 atom stereocenters. The number of rotatable bonds is 4. The average Bonchev–Trinajstić information content (AvgIpc) is 2.80. The number of nitrogens with one attached hydrogen (secondary N) is 1. The molecule has 0 saturated heterocycles. The summed E-state index contributed by atoms with van der Waals surface area (Å²) in [6, 6.07) is 7.65. The van der Waals surface area contributed by atoms with E-state index >= 15 is 0 Å². The highest BCUT2D eigenvalue weighted by atomic mass is 16.5. The Morgan fingerprint density at radius 1 is 1.30 bits per heavy atom. The second-order valence-electron chi connectivity index (χ2n) is 4.88. The number of benzene rings is 1. The first-order valence-electron chi connectivity index (χ1n) is 6.53. The third-order valence-corrected chi connectivity index (χ3v) is 2.99. The molecule has 0 radical (unpaired) electrons. The number of hydrogen-bond acceptors (Lipinski definition) is 3. The summed E-state index contributed by atoms with van der Waals surface area (Å²) in [5.74, 6) is 0.689. The second-order valence-corrected chi connectivity index (χ2v) is 4.88. The van der Waals surface area contributed by atoms with Gasteiger partial charge >= 0.3 is 0 Å². The van der Waals surface area contributed by atoms with Gasteiger partial charge in [0.25, 0.3) is 5.91 Å². The lowest BCUT2D eigenvalue weighted by molar-refractivity contribution is 0.0942. The fourth-order valence-electron chi connectivity index (χ4n) is 1.96. The Balaban J connectivity index is 2.30. The van der Waals surface area contributed by atoms with Gasteiger partial charge in [-0.05, 0) is 45.0 Å². The number of ether oxygens (including phenoxy) is 1. The molecule has 1 heterocycles. The maximum atomic E-state index is 12.0. The first-order valence-corrected chi connectivity index (χ1v) is 6.53. The van der Waals surface area contributed by atoms with Crippen LogP contribution in [0.15, 0.2) is 30.5 Å². The van der Waals surface area contributed by atoms with Gasteiger partial charge < -0.3 is 10.1 Å². The third-order valence-electron chi connectivity index (χ3n) is 2.99. The Bertz CT molecular complexity index is 600. The minimum Gasteiger partial charge on any atom is -0.497 e. The van der Waals surface area contributed by atoms with Gasteiger partial charge in [-0.3, -0.25) is 4.79 Å². The normalized spacial score (nSPS) is 10.7. The van der Waals surface area contributed by atoms with Crippen molar-refractivity contribution in [2.45, 2.75) is 26.8 Å². The van der Waals surface area contributed by atoms with Crippen LogP contribution < -0.4 is 10.1 Å². The molecule has 0 aliphatic carbocycles. The van der Waals surface area contributed by atoms with E-state index in [1.807, 2.05) is 45.0 Å². The summed E-state index contributed by atoms with van der Waals surface area (Å²) in [5, 5.41) is 7.16. The predicted octanol–water partition coefficient (Wildman–Crippen LogP) is 2.33. The third kappa shape index (κ3) is 2.82. The molecule has 2 aromatic rings. The molecule has 0 aliphatic heterocycles. The van der Waals surface area contributed by atoms with Gasteiger partial charge in [0.05, 0.1) is 30.3 Å². The number of methoxy groups -OCH3 is 1. The van der Waals surface area contributed by atoms with Crippen molar-refractivity contribution in [3.63, 3.8) is 0 Å². The lowest BCUT2D eigenvalue weighted by atomic mass is 10.2. The number of hydrogen-bond donors (Lipinski definition) is 1. The molecule has 1 aromatic carbocycles. The fraction of sp³-hybridized carbons (Fsp3) is 0.333. The van der Waals surface area contributed by atoms with E-state index in [2.05, 4.69) is 10.4 Å². The molecule has 0 saturated carbocycles. The van der Waals surface area contributed by atoms with Gasteiger partial charge in [0.1, 0.15) is 5.75 Å². The predicted molar refractivity (Wildman–Crippen MR) is 77.5 cm³/mol. The highest BCUT2D eigenvalue weighted by Gasteiger charge is 2.15. The lowest BCUT2D eigenvalue weighted by Crippen LogP contribution is -2.30. The highest BCUT2D eigenvalue weighted by molar-refractivity contribution is 5.95. The Labute approximate surface area is 118 Å². The van der Waals surface area contributed by atoms with Crippen LogP contribution in [0.25, 0.3) is 5.69 Å². The largest absolute Gasteiger partial charge is 0.497 e. The fourth-order valence-corrected chi connectivity index (χ4v) is 1.96. The minimum absolute atomic E-state index is 0.0998. The maximum Gasteiger partial charge on any atom is 0.254 e. The summed E-state index contributed by atoms with van der Waals surface area (Å²) in [6.07, 6.45) is 1.59. The first kappa shape index (κ1) is 14.1. The van der Waals surface area contributed by atoms with Crippen molar-refractivity contribution in [3.8, 4) is 11.4 Å². The lowest BCUT2D eigenvalue weighted by Gasteiger charge is -2.09. The molecule has 0 fully saturated rings. The van der Waals surface area contributed by atoms with Crippen LogP contribution in [-0.2, 0) is 0 Å². The van der Waals surface area contributed by atoms with Crippen LogP contribution in [-0.4, -0.2) is 28.8 Å². The SMILES string of the molecule is COc1ccc(-n2ncc(C(=O)NC(C)C)c2C)cc1. The molecule has 1 amide bonds. The van der Waals surface area contributed by atoms with Crippen molar-refractivity contribution < 1.29 is 9.53 Å². The van der Waals surface area contributed by atoms with Crippen LogP contribution in [0.3, 0.4) is 0 Å². The summed E-state index contributed by atoms with van der Waals surface area (Å²) >= 11 is 0. The smallest absolute Gasteiger partial charge is 0.254 e. The number of aromatic nitrogens is 2. The molecule has 1 aromatic heterocycles. The van der Waals surface area contributed by atoms with Gasteiger partial charge in [0.2, 0.25) is 0 Å². The van der Waals surface area contributed by atoms with Crippen molar-refractivity contribution in [3.05, 3.63) is 41.7 Å². The minimum atomic E-state index is -0.0998. The Morgan fingerprint density at radius 2 is 1.95 bits per heavy atom. The zero-order valence-electron chi connectivity index (χ0n) is 12.2. The molecule has 20 heavy (non-hydrogen) atoms. The molecule has 0 spiro atoms. The Morgan fingerprint density at radius 3 is 2.50 bits per heavy atom. The van der Waals surface area contributed by atoms with E-state index in [0.717, 1.165) is 17.1 Å². The van der Waals surface area contributed by atoms with Gasteiger partial charge in [-0.25, -0.2) is 4.68 Å². The van der Waals surface area contributed by atoms with Crippen LogP contribution in [0.2, 0.25) is 0 Å². The number of carbonyl (C=O) groups is 1. The van der Waals surface area contributed by atoms with Crippen LogP contribution in [0.4, 0.5) is 0 Å². The standard InChI is InChI=1S/C15H19N3O2/c1-10(2)17-15(19)14-9-16-18(11(14)3)12-5-7-13(20-4)8-6-12/h5-10H,1-4H3,(H,17,19). The van der Waals surface area contributed by atoms with Crippen molar-refractivity contribution in [1.29, 1.82) is 0 Å².